The van der Waals surface area contributed by atoms with E-state index in [1.165, 1.54) is 12.1 Å². The van der Waals surface area contributed by atoms with Gasteiger partial charge in [-0.25, -0.2) is 4.39 Å². The number of halogens is 2. The Labute approximate surface area is 166 Å². The molecule has 132 valence electrons. The highest BCUT2D eigenvalue weighted by Gasteiger charge is 2.51. The summed E-state index contributed by atoms with van der Waals surface area (Å²) in [5.41, 5.74) is -0.424. The van der Waals surface area contributed by atoms with Gasteiger partial charge in [-0.3, -0.25) is 9.69 Å². The third kappa shape index (κ3) is 2.75. The van der Waals surface area contributed by atoms with Crippen LogP contribution in [0.15, 0.2) is 41.3 Å². The molecule has 1 saturated heterocycles. The van der Waals surface area contributed by atoms with Gasteiger partial charge in [0.1, 0.15) is 11.6 Å². The minimum atomic E-state index is -1.03. The number of nitrogens with zero attached hydrogens (tertiary/aromatic N) is 3. The van der Waals surface area contributed by atoms with Crippen molar-refractivity contribution in [2.75, 3.05) is 9.80 Å². The maximum absolute atomic E-state index is 14.7. The first kappa shape index (κ1) is 18.6. The lowest BCUT2D eigenvalue weighted by atomic mass is 10.0. The normalized spacial score (nSPS) is 16.2. The topological polar surface area (TPSA) is 47.3 Å². The fourth-order valence-electron chi connectivity index (χ4n) is 2.84. The number of thiol groups is 1. The smallest absolute Gasteiger partial charge is 0.259 e. The van der Waals surface area contributed by atoms with E-state index in [9.17, 15) is 9.18 Å². The van der Waals surface area contributed by atoms with E-state index < -0.39 is 17.3 Å². The van der Waals surface area contributed by atoms with Gasteiger partial charge in [0.05, 0.1) is 16.3 Å². The van der Waals surface area contributed by atoms with Crippen molar-refractivity contribution < 1.29 is 9.18 Å². The van der Waals surface area contributed by atoms with Crippen molar-refractivity contribution in [3.8, 4) is 6.07 Å². The minimum Gasteiger partial charge on any atom is -0.304 e. The Bertz CT molecular complexity index is 970. The quantitative estimate of drug-likeness (QED) is 0.588. The molecule has 0 saturated carbocycles. The molecule has 0 aliphatic carbocycles. The zero-order valence-electron chi connectivity index (χ0n) is 13.8. The van der Waals surface area contributed by atoms with Crippen LogP contribution in [0.5, 0.6) is 0 Å². The van der Waals surface area contributed by atoms with E-state index in [1.54, 1.807) is 49.1 Å². The fourth-order valence-corrected chi connectivity index (χ4v) is 3.71. The van der Waals surface area contributed by atoms with Crippen LogP contribution in [0.2, 0.25) is 5.02 Å². The van der Waals surface area contributed by atoms with E-state index in [4.69, 9.17) is 29.1 Å². The highest BCUT2D eigenvalue weighted by Crippen LogP contribution is 2.39. The maximum Gasteiger partial charge on any atom is 0.259 e. The molecule has 0 N–H and O–H groups in total. The molecule has 3 rings (SSSR count). The van der Waals surface area contributed by atoms with E-state index in [1.807, 2.05) is 0 Å². The van der Waals surface area contributed by atoms with Gasteiger partial charge >= 0.3 is 0 Å². The van der Waals surface area contributed by atoms with E-state index >= 15 is 0 Å². The lowest BCUT2D eigenvalue weighted by Gasteiger charge is -2.29. The van der Waals surface area contributed by atoms with E-state index in [2.05, 4.69) is 12.6 Å². The molecule has 0 bridgehead atoms. The molecule has 0 aromatic heterocycles. The van der Waals surface area contributed by atoms with E-state index in [-0.39, 0.29) is 21.4 Å². The molecular formula is C18H13ClFN3OS2. The molecule has 0 unspecified atom stereocenters. The molecule has 26 heavy (non-hydrogen) atoms. The second-order valence-corrected chi connectivity index (χ2v) is 7.47. The van der Waals surface area contributed by atoms with Crippen LogP contribution in [0.1, 0.15) is 19.4 Å². The molecule has 1 amide bonds. The van der Waals surface area contributed by atoms with Crippen molar-refractivity contribution in [1.29, 1.82) is 5.26 Å². The first-order valence-electron chi connectivity index (χ1n) is 7.56. The van der Waals surface area contributed by atoms with Gasteiger partial charge < -0.3 is 4.90 Å². The van der Waals surface area contributed by atoms with Gasteiger partial charge in [-0.1, -0.05) is 11.6 Å². The zero-order chi connectivity index (χ0) is 19.2. The molecule has 1 fully saturated rings. The third-order valence-corrected chi connectivity index (χ3v) is 5.23. The Hall–Kier alpha value is -2.14. The Balaban J connectivity index is 2.13. The average molecular weight is 406 g/mol. The van der Waals surface area contributed by atoms with Crippen LogP contribution >= 0.6 is 36.4 Å². The van der Waals surface area contributed by atoms with Gasteiger partial charge in [0.25, 0.3) is 5.91 Å². The molecule has 0 atom stereocenters. The largest absolute Gasteiger partial charge is 0.304 e. The van der Waals surface area contributed by atoms with Crippen molar-refractivity contribution in [1.82, 2.24) is 0 Å². The molecule has 2 aromatic rings. The number of rotatable bonds is 2. The summed E-state index contributed by atoms with van der Waals surface area (Å²) in [7, 11) is 0. The summed E-state index contributed by atoms with van der Waals surface area (Å²) in [6, 6.07) is 11.6. The SMILES string of the molecule is CC1(C)C(=O)N(c2ccc(C#N)c(Cl)c2F)C(=S)N1c1ccc(S)cc1. The Morgan fingerprint density at radius 2 is 1.85 bits per heavy atom. The number of amides is 1. The maximum atomic E-state index is 14.7. The summed E-state index contributed by atoms with van der Waals surface area (Å²) in [6.07, 6.45) is 0. The zero-order valence-corrected chi connectivity index (χ0v) is 16.3. The number of nitriles is 1. The van der Waals surface area contributed by atoms with Crippen molar-refractivity contribution >= 4 is 58.8 Å². The van der Waals surface area contributed by atoms with E-state index in [0.717, 1.165) is 9.80 Å². The minimum absolute atomic E-state index is 0.00837. The highest BCUT2D eigenvalue weighted by molar-refractivity contribution is 7.81. The molecule has 1 heterocycles. The first-order chi connectivity index (χ1) is 12.2. The first-order valence-corrected chi connectivity index (χ1v) is 8.79. The van der Waals surface area contributed by atoms with Crippen molar-refractivity contribution in [3.63, 3.8) is 0 Å². The number of carbonyl (C=O) groups is 1. The number of anilines is 2. The summed E-state index contributed by atoms with van der Waals surface area (Å²) in [5.74, 6) is -1.25. The van der Waals surface area contributed by atoms with Gasteiger partial charge in [-0.2, -0.15) is 5.26 Å². The summed E-state index contributed by atoms with van der Waals surface area (Å²) < 4.78 is 14.7. The number of benzene rings is 2. The van der Waals surface area contributed by atoms with Crippen LogP contribution in [0.4, 0.5) is 15.8 Å². The predicted octanol–water partition coefficient (Wildman–Crippen LogP) is 4.56. The van der Waals surface area contributed by atoms with Crippen LogP contribution in [-0.2, 0) is 4.79 Å². The van der Waals surface area contributed by atoms with Crippen LogP contribution in [0.3, 0.4) is 0 Å². The molecule has 8 heteroatoms. The van der Waals surface area contributed by atoms with Crippen LogP contribution < -0.4 is 9.80 Å². The standard InChI is InChI=1S/C18H13ClFN3OS2/c1-18(2)16(24)22(13-8-3-10(9-21)14(19)15(13)20)17(26)23(18)11-4-6-12(25)7-5-11/h3-8,25H,1-2H3. The molecule has 0 spiro atoms. The second-order valence-electron chi connectivity index (χ2n) is 6.21. The van der Waals surface area contributed by atoms with Gasteiger partial charge in [-0.15, -0.1) is 12.6 Å². The summed E-state index contributed by atoms with van der Waals surface area (Å²) in [6.45, 7) is 3.42. The lowest BCUT2D eigenvalue weighted by Crippen LogP contribution is -2.44. The van der Waals surface area contributed by atoms with Crippen LogP contribution in [0.25, 0.3) is 0 Å². The number of hydrogen-bond acceptors (Lipinski definition) is 4. The fraction of sp³-hybridized carbons (Fsp3) is 0.167. The van der Waals surface area contributed by atoms with Gasteiger partial charge in [0.2, 0.25) is 0 Å². The molecule has 2 aromatic carbocycles. The van der Waals surface area contributed by atoms with Crippen LogP contribution in [-0.4, -0.2) is 16.6 Å². The molecular weight excluding hydrogens is 393 g/mol. The Morgan fingerprint density at radius 3 is 2.42 bits per heavy atom. The number of thiocarbonyl (C=S) groups is 1. The van der Waals surface area contributed by atoms with Gasteiger partial charge in [-0.05, 0) is 62.5 Å². The molecule has 0 radical (unpaired) electrons. The second kappa shape index (κ2) is 6.54. The summed E-state index contributed by atoms with van der Waals surface area (Å²) in [5, 5.41) is 8.77. The monoisotopic (exact) mass is 405 g/mol. The summed E-state index contributed by atoms with van der Waals surface area (Å²) in [4.78, 5) is 16.6. The molecule has 4 nitrogen and oxygen atoms in total. The Morgan fingerprint density at radius 1 is 1.23 bits per heavy atom. The summed E-state index contributed by atoms with van der Waals surface area (Å²) >= 11 is 15.7. The number of hydrogen-bond donors (Lipinski definition) is 1. The highest BCUT2D eigenvalue weighted by atomic mass is 35.5. The average Bonchev–Trinajstić information content (AvgIpc) is 2.77. The number of carbonyl (C=O) groups excluding carboxylic acids is 1. The van der Waals surface area contributed by atoms with Gasteiger partial charge in [0.15, 0.2) is 10.9 Å². The molecule has 1 aliphatic heterocycles. The van der Waals surface area contributed by atoms with Crippen molar-refractivity contribution in [3.05, 3.63) is 52.8 Å². The molecule has 1 aliphatic rings. The third-order valence-electron chi connectivity index (χ3n) is 4.20. The van der Waals surface area contributed by atoms with Gasteiger partial charge in [0, 0.05) is 10.6 Å². The Kier molecular flexibility index (Phi) is 4.69. The van der Waals surface area contributed by atoms with Crippen molar-refractivity contribution in [2.24, 2.45) is 0 Å². The predicted molar refractivity (Wildman–Crippen MR) is 106 cm³/mol. The van der Waals surface area contributed by atoms with Crippen molar-refractivity contribution in [2.45, 2.75) is 24.3 Å². The van der Waals surface area contributed by atoms with Crippen LogP contribution in [0, 0.1) is 17.1 Å². The lowest BCUT2D eigenvalue weighted by molar-refractivity contribution is -0.120. The van der Waals surface area contributed by atoms with E-state index in [0.29, 0.717) is 5.69 Å².